The summed E-state index contributed by atoms with van der Waals surface area (Å²) < 4.78 is 32.7. The predicted molar refractivity (Wildman–Crippen MR) is 110 cm³/mol. The maximum Gasteiger partial charge on any atom is 0.357 e. The fraction of sp³-hybridized carbons (Fsp3) is 0.222. The standard InChI is InChI=1S/C18H20N4O4S2/c1-11-7-15(23)9-18(19-11)21-16(17-10-27-12(2)20-17)8-13-3-5-14(6-4-13)22-28(24,25)26/h3-7,9-10,16,22H,8H2,1-2H3,(H2,19,21,23)(H,24,25,26)/t16-/m0/s1. The maximum atomic E-state index is 11.8. The van der Waals surface area contributed by atoms with Crippen LogP contribution in [0.2, 0.25) is 0 Å². The van der Waals surface area contributed by atoms with E-state index in [1.54, 1.807) is 35.6 Å². The molecular weight excluding hydrogens is 400 g/mol. The van der Waals surface area contributed by atoms with Crippen LogP contribution in [0.4, 0.5) is 11.5 Å². The highest BCUT2D eigenvalue weighted by atomic mass is 32.2. The summed E-state index contributed by atoms with van der Waals surface area (Å²) in [6.45, 7) is 3.74. The molecule has 1 aromatic carbocycles. The smallest absolute Gasteiger partial charge is 0.357 e. The maximum absolute atomic E-state index is 11.8. The van der Waals surface area contributed by atoms with E-state index in [1.165, 1.54) is 12.1 Å². The SMILES string of the molecule is Cc1cc(=O)cc(N[C@@H](Cc2ccc(NS(=O)(=O)O)cc2)c2csc(C)n2)[nH]1. The van der Waals surface area contributed by atoms with E-state index in [-0.39, 0.29) is 17.2 Å². The number of hydrogen-bond acceptors (Lipinski definition) is 6. The third-order valence-corrected chi connectivity index (χ3v) is 5.23. The van der Waals surface area contributed by atoms with Crippen LogP contribution in [-0.4, -0.2) is 22.9 Å². The number of pyridine rings is 1. The highest BCUT2D eigenvalue weighted by Gasteiger charge is 2.16. The third-order valence-electron chi connectivity index (χ3n) is 3.94. The van der Waals surface area contributed by atoms with Gasteiger partial charge in [0.15, 0.2) is 5.43 Å². The van der Waals surface area contributed by atoms with Gasteiger partial charge >= 0.3 is 10.3 Å². The van der Waals surface area contributed by atoms with E-state index in [0.29, 0.717) is 12.2 Å². The van der Waals surface area contributed by atoms with Crippen molar-refractivity contribution in [1.82, 2.24) is 9.97 Å². The number of anilines is 2. The van der Waals surface area contributed by atoms with E-state index in [1.807, 2.05) is 23.9 Å². The van der Waals surface area contributed by atoms with Crippen LogP contribution in [0.1, 0.15) is 28.0 Å². The van der Waals surface area contributed by atoms with Gasteiger partial charge in [0.1, 0.15) is 5.82 Å². The van der Waals surface area contributed by atoms with Crippen LogP contribution in [0.3, 0.4) is 0 Å². The first-order valence-electron chi connectivity index (χ1n) is 8.42. The number of hydrogen-bond donors (Lipinski definition) is 4. The molecule has 1 atom stereocenters. The Balaban J connectivity index is 1.84. The number of thiazole rings is 1. The Morgan fingerprint density at radius 2 is 1.93 bits per heavy atom. The average Bonchev–Trinajstić information content (AvgIpc) is 3.00. The van der Waals surface area contributed by atoms with Gasteiger partial charge in [-0.1, -0.05) is 12.1 Å². The number of rotatable bonds is 7. The molecule has 0 spiro atoms. The topological polar surface area (TPSA) is 124 Å². The second kappa shape index (κ2) is 8.13. The summed E-state index contributed by atoms with van der Waals surface area (Å²) in [6, 6.07) is 9.50. The zero-order chi connectivity index (χ0) is 20.3. The van der Waals surface area contributed by atoms with Gasteiger partial charge in [0.25, 0.3) is 0 Å². The van der Waals surface area contributed by atoms with Gasteiger partial charge in [-0.05, 0) is 38.0 Å². The molecule has 0 bridgehead atoms. The van der Waals surface area contributed by atoms with Crippen molar-refractivity contribution in [3.8, 4) is 0 Å². The fourth-order valence-electron chi connectivity index (χ4n) is 2.81. The van der Waals surface area contributed by atoms with Crippen LogP contribution < -0.4 is 15.5 Å². The number of aromatic nitrogens is 2. The van der Waals surface area contributed by atoms with Crippen molar-refractivity contribution >= 4 is 33.1 Å². The molecule has 0 aliphatic rings. The molecule has 0 aliphatic carbocycles. The Morgan fingerprint density at radius 3 is 2.50 bits per heavy atom. The van der Waals surface area contributed by atoms with Crippen molar-refractivity contribution in [2.75, 3.05) is 10.0 Å². The summed E-state index contributed by atoms with van der Waals surface area (Å²) in [5.41, 5.74) is 2.71. The molecule has 2 heterocycles. The first-order valence-corrected chi connectivity index (χ1v) is 10.7. The van der Waals surface area contributed by atoms with E-state index in [9.17, 15) is 13.2 Å². The Kier molecular flexibility index (Phi) is 5.82. The van der Waals surface area contributed by atoms with Gasteiger partial charge in [0.2, 0.25) is 0 Å². The third kappa shape index (κ3) is 5.65. The number of aryl methyl sites for hydroxylation is 2. The second-order valence-corrected chi connectivity index (χ2v) is 8.60. The highest BCUT2D eigenvalue weighted by molar-refractivity contribution is 7.87. The lowest BCUT2D eigenvalue weighted by Gasteiger charge is -2.19. The van der Waals surface area contributed by atoms with Crippen molar-refractivity contribution in [2.24, 2.45) is 0 Å². The van der Waals surface area contributed by atoms with Crippen LogP contribution >= 0.6 is 11.3 Å². The van der Waals surface area contributed by atoms with E-state index in [0.717, 1.165) is 22.0 Å². The zero-order valence-electron chi connectivity index (χ0n) is 15.3. The molecule has 0 saturated carbocycles. The molecule has 3 aromatic rings. The molecule has 28 heavy (non-hydrogen) atoms. The predicted octanol–water partition coefficient (Wildman–Crippen LogP) is 3.06. The summed E-state index contributed by atoms with van der Waals surface area (Å²) in [6.07, 6.45) is 0.561. The van der Waals surface area contributed by atoms with E-state index >= 15 is 0 Å². The number of nitrogens with one attached hydrogen (secondary N) is 3. The van der Waals surface area contributed by atoms with Crippen LogP contribution in [0.5, 0.6) is 0 Å². The quantitative estimate of drug-likeness (QED) is 0.436. The number of benzene rings is 1. The molecule has 0 amide bonds. The van der Waals surface area contributed by atoms with Crippen molar-refractivity contribution in [1.29, 1.82) is 0 Å². The monoisotopic (exact) mass is 420 g/mol. The molecule has 4 N–H and O–H groups in total. The molecular formula is C18H20N4O4S2. The summed E-state index contributed by atoms with van der Waals surface area (Å²) in [4.78, 5) is 19.5. The van der Waals surface area contributed by atoms with Crippen molar-refractivity contribution in [2.45, 2.75) is 26.3 Å². The van der Waals surface area contributed by atoms with Gasteiger partial charge < -0.3 is 10.3 Å². The van der Waals surface area contributed by atoms with Gasteiger partial charge in [0, 0.05) is 23.2 Å². The van der Waals surface area contributed by atoms with Crippen molar-refractivity contribution in [3.63, 3.8) is 0 Å². The normalized spacial score (nSPS) is 12.5. The Hall–Kier alpha value is -2.69. The molecule has 8 nitrogen and oxygen atoms in total. The second-order valence-electron chi connectivity index (χ2n) is 6.38. The molecule has 2 aromatic heterocycles. The number of nitrogens with zero attached hydrogens (tertiary/aromatic N) is 1. The minimum atomic E-state index is -4.31. The van der Waals surface area contributed by atoms with Gasteiger partial charge in [0.05, 0.1) is 22.4 Å². The first kappa shape index (κ1) is 20.1. The Bertz CT molecular complexity index is 1120. The van der Waals surface area contributed by atoms with E-state index in [2.05, 4.69) is 15.3 Å². The van der Waals surface area contributed by atoms with Crippen LogP contribution in [0, 0.1) is 13.8 Å². The van der Waals surface area contributed by atoms with Crippen molar-refractivity contribution < 1.29 is 13.0 Å². The van der Waals surface area contributed by atoms with E-state index in [4.69, 9.17) is 4.55 Å². The van der Waals surface area contributed by atoms with Crippen LogP contribution in [0.25, 0.3) is 0 Å². The lowest BCUT2D eigenvalue weighted by molar-refractivity contribution is 0.489. The average molecular weight is 421 g/mol. The minimum Gasteiger partial charge on any atom is -0.363 e. The molecule has 148 valence electrons. The van der Waals surface area contributed by atoms with E-state index < -0.39 is 10.3 Å². The van der Waals surface area contributed by atoms with Gasteiger partial charge in [-0.3, -0.25) is 14.1 Å². The lowest BCUT2D eigenvalue weighted by Crippen LogP contribution is -2.17. The zero-order valence-corrected chi connectivity index (χ0v) is 16.9. The Morgan fingerprint density at radius 1 is 1.21 bits per heavy atom. The fourth-order valence-corrected chi connectivity index (χ4v) is 3.91. The molecule has 0 aliphatic heterocycles. The van der Waals surface area contributed by atoms with Gasteiger partial charge in [-0.15, -0.1) is 11.3 Å². The van der Waals surface area contributed by atoms with Crippen LogP contribution in [-0.2, 0) is 16.7 Å². The largest absolute Gasteiger partial charge is 0.363 e. The lowest BCUT2D eigenvalue weighted by atomic mass is 10.0. The number of aromatic amines is 1. The summed E-state index contributed by atoms with van der Waals surface area (Å²) >= 11 is 1.54. The summed E-state index contributed by atoms with van der Waals surface area (Å²) in [5, 5.41) is 6.23. The first-order chi connectivity index (χ1) is 13.2. The van der Waals surface area contributed by atoms with Gasteiger partial charge in [-0.25, -0.2) is 4.98 Å². The Labute approximate surface area is 166 Å². The molecule has 0 unspecified atom stereocenters. The molecule has 0 fully saturated rings. The van der Waals surface area contributed by atoms with Gasteiger partial charge in [-0.2, -0.15) is 8.42 Å². The number of H-pyrrole nitrogens is 1. The summed E-state index contributed by atoms with van der Waals surface area (Å²) in [7, 11) is -4.31. The molecule has 0 radical (unpaired) electrons. The van der Waals surface area contributed by atoms with Crippen LogP contribution in [0.15, 0.2) is 46.6 Å². The highest BCUT2D eigenvalue weighted by Crippen LogP contribution is 2.25. The molecule has 3 rings (SSSR count). The molecule has 10 heteroatoms. The minimum absolute atomic E-state index is 0.0902. The van der Waals surface area contributed by atoms with Crippen molar-refractivity contribution in [3.05, 3.63) is 74.0 Å². The molecule has 0 saturated heterocycles. The summed E-state index contributed by atoms with van der Waals surface area (Å²) in [5.74, 6) is 0.602.